The standard InChI is InChI=1S/C17H13NO3/c1-21-13-7-5-11(6-8-13)18-16-10-17(20)15-9-12(19)3-2-4-14(15)16/h2-10,18H,1H3. The number of ketones is 1. The molecule has 0 saturated heterocycles. The van der Waals surface area contributed by atoms with Crippen molar-refractivity contribution >= 4 is 17.2 Å². The van der Waals surface area contributed by atoms with Gasteiger partial charge in [0.15, 0.2) is 11.2 Å². The zero-order chi connectivity index (χ0) is 14.8. The molecule has 1 aliphatic carbocycles. The summed E-state index contributed by atoms with van der Waals surface area (Å²) in [5, 5.41) is 3.19. The van der Waals surface area contributed by atoms with E-state index in [0.29, 0.717) is 11.3 Å². The first-order valence-corrected chi connectivity index (χ1v) is 6.49. The third-order valence-electron chi connectivity index (χ3n) is 3.30. The van der Waals surface area contributed by atoms with E-state index in [1.807, 2.05) is 24.3 Å². The molecule has 0 amide bonds. The molecule has 3 rings (SSSR count). The molecule has 2 aromatic rings. The monoisotopic (exact) mass is 279 g/mol. The molecule has 1 N–H and O–H groups in total. The highest BCUT2D eigenvalue weighted by atomic mass is 16.5. The van der Waals surface area contributed by atoms with Gasteiger partial charge in [-0.1, -0.05) is 12.1 Å². The van der Waals surface area contributed by atoms with Crippen LogP contribution in [0.5, 0.6) is 5.75 Å². The molecule has 0 saturated carbocycles. The summed E-state index contributed by atoms with van der Waals surface area (Å²) in [6, 6.07) is 13.6. The number of methoxy groups -OCH3 is 1. The van der Waals surface area contributed by atoms with Crippen LogP contribution in [0, 0.1) is 0 Å². The topological polar surface area (TPSA) is 55.4 Å². The van der Waals surface area contributed by atoms with Gasteiger partial charge in [-0.05, 0) is 36.4 Å². The lowest BCUT2D eigenvalue weighted by Gasteiger charge is -2.08. The van der Waals surface area contributed by atoms with Gasteiger partial charge >= 0.3 is 0 Å². The lowest BCUT2D eigenvalue weighted by molar-refractivity contribution is 0.105. The van der Waals surface area contributed by atoms with Gasteiger partial charge in [0.05, 0.1) is 12.8 Å². The number of allylic oxidation sites excluding steroid dienone is 1. The van der Waals surface area contributed by atoms with Gasteiger partial charge in [0.25, 0.3) is 0 Å². The lowest BCUT2D eigenvalue weighted by atomic mass is 10.1. The molecule has 0 aliphatic heterocycles. The summed E-state index contributed by atoms with van der Waals surface area (Å²) < 4.78 is 5.11. The third-order valence-corrected chi connectivity index (χ3v) is 3.30. The highest BCUT2D eigenvalue weighted by molar-refractivity contribution is 6.17. The Morgan fingerprint density at radius 2 is 1.71 bits per heavy atom. The summed E-state index contributed by atoms with van der Waals surface area (Å²) >= 11 is 0. The Morgan fingerprint density at radius 1 is 0.952 bits per heavy atom. The molecule has 4 heteroatoms. The van der Waals surface area contributed by atoms with Crippen LogP contribution in [0.1, 0.15) is 15.9 Å². The summed E-state index contributed by atoms with van der Waals surface area (Å²) in [6.07, 6.45) is 1.51. The molecule has 21 heavy (non-hydrogen) atoms. The predicted molar refractivity (Wildman–Crippen MR) is 81.6 cm³/mol. The zero-order valence-electron chi connectivity index (χ0n) is 11.4. The predicted octanol–water partition coefficient (Wildman–Crippen LogP) is 2.70. The molecule has 0 radical (unpaired) electrons. The van der Waals surface area contributed by atoms with Crippen molar-refractivity contribution in [2.24, 2.45) is 0 Å². The van der Waals surface area contributed by atoms with Crippen LogP contribution in [0.4, 0.5) is 5.69 Å². The van der Waals surface area contributed by atoms with Gasteiger partial charge in [0.1, 0.15) is 5.75 Å². The Hall–Kier alpha value is -2.88. The average molecular weight is 279 g/mol. The molecule has 2 aromatic carbocycles. The largest absolute Gasteiger partial charge is 0.497 e. The molecular weight excluding hydrogens is 266 g/mol. The van der Waals surface area contributed by atoms with E-state index in [2.05, 4.69) is 5.32 Å². The van der Waals surface area contributed by atoms with E-state index in [0.717, 1.165) is 17.0 Å². The summed E-state index contributed by atoms with van der Waals surface area (Å²) in [6.45, 7) is 0. The van der Waals surface area contributed by atoms with Crippen LogP contribution in [-0.4, -0.2) is 12.9 Å². The van der Waals surface area contributed by atoms with E-state index in [1.165, 1.54) is 18.2 Å². The fraction of sp³-hybridized carbons (Fsp3) is 0.0588. The van der Waals surface area contributed by atoms with Crippen LogP contribution in [0.25, 0.3) is 5.70 Å². The van der Waals surface area contributed by atoms with Crippen molar-refractivity contribution in [2.45, 2.75) is 0 Å². The van der Waals surface area contributed by atoms with Crippen LogP contribution < -0.4 is 15.5 Å². The SMILES string of the molecule is COc1ccc(NC2=CC(=O)c3cc(=O)cccc32)cc1. The maximum atomic E-state index is 12.0. The molecule has 4 nitrogen and oxygen atoms in total. The number of nitrogens with one attached hydrogen (secondary N) is 1. The second kappa shape index (κ2) is 5.25. The fourth-order valence-corrected chi connectivity index (χ4v) is 2.26. The molecule has 0 heterocycles. The Morgan fingerprint density at radius 3 is 2.43 bits per heavy atom. The first-order chi connectivity index (χ1) is 10.2. The van der Waals surface area contributed by atoms with E-state index in [1.54, 1.807) is 19.2 Å². The molecule has 0 spiro atoms. The van der Waals surface area contributed by atoms with Gasteiger partial charge in [-0.2, -0.15) is 0 Å². The summed E-state index contributed by atoms with van der Waals surface area (Å²) in [5.74, 6) is 0.606. The van der Waals surface area contributed by atoms with Crippen LogP contribution in [0.15, 0.2) is 59.4 Å². The third kappa shape index (κ3) is 2.56. The Kier molecular flexibility index (Phi) is 3.28. The van der Waals surface area contributed by atoms with Crippen LogP contribution in [-0.2, 0) is 0 Å². The molecule has 1 aliphatic rings. The van der Waals surface area contributed by atoms with Crippen molar-refractivity contribution in [3.63, 3.8) is 0 Å². The Balaban J connectivity index is 1.95. The summed E-state index contributed by atoms with van der Waals surface area (Å²) in [7, 11) is 1.61. The van der Waals surface area contributed by atoms with Gasteiger partial charge in [-0.15, -0.1) is 0 Å². The van der Waals surface area contributed by atoms with Crippen molar-refractivity contribution < 1.29 is 9.53 Å². The smallest absolute Gasteiger partial charge is 0.188 e. The number of hydrogen-bond acceptors (Lipinski definition) is 4. The molecule has 0 aromatic heterocycles. The van der Waals surface area contributed by atoms with Crippen molar-refractivity contribution in [1.29, 1.82) is 0 Å². The van der Waals surface area contributed by atoms with Gasteiger partial charge in [-0.25, -0.2) is 0 Å². The van der Waals surface area contributed by atoms with Crippen LogP contribution in [0.3, 0.4) is 0 Å². The van der Waals surface area contributed by atoms with Crippen molar-refractivity contribution in [2.75, 3.05) is 12.4 Å². The number of anilines is 1. The maximum Gasteiger partial charge on any atom is 0.188 e. The maximum absolute atomic E-state index is 12.0. The van der Waals surface area contributed by atoms with Crippen molar-refractivity contribution in [1.82, 2.24) is 0 Å². The number of fused-ring (bicyclic) bond motifs is 1. The summed E-state index contributed by atoms with van der Waals surface area (Å²) in [4.78, 5) is 23.5. The number of ether oxygens (including phenoxy) is 1. The number of benzene rings is 1. The zero-order valence-corrected chi connectivity index (χ0v) is 11.4. The van der Waals surface area contributed by atoms with Crippen molar-refractivity contribution in [3.05, 3.63) is 76.0 Å². The highest BCUT2D eigenvalue weighted by Crippen LogP contribution is 2.27. The van der Waals surface area contributed by atoms with Gasteiger partial charge in [-0.3, -0.25) is 9.59 Å². The number of carbonyl (C=O) groups is 1. The molecular formula is C17H13NO3. The molecule has 0 bridgehead atoms. The molecule has 0 atom stereocenters. The second-order valence-electron chi connectivity index (χ2n) is 4.68. The van der Waals surface area contributed by atoms with Gasteiger partial charge < -0.3 is 10.1 Å². The minimum Gasteiger partial charge on any atom is -0.497 e. The molecule has 0 unspecified atom stereocenters. The van der Waals surface area contributed by atoms with Gasteiger partial charge in [0, 0.05) is 22.9 Å². The Bertz CT molecular complexity index is 792. The lowest BCUT2D eigenvalue weighted by Crippen LogP contribution is -1.98. The molecule has 0 fully saturated rings. The number of hydrogen-bond donors (Lipinski definition) is 1. The average Bonchev–Trinajstić information content (AvgIpc) is 2.65. The van der Waals surface area contributed by atoms with E-state index in [4.69, 9.17) is 4.74 Å². The second-order valence-corrected chi connectivity index (χ2v) is 4.68. The normalized spacial score (nSPS) is 12.6. The van der Waals surface area contributed by atoms with E-state index in [-0.39, 0.29) is 11.2 Å². The van der Waals surface area contributed by atoms with Crippen LogP contribution >= 0.6 is 0 Å². The Labute approximate surface area is 121 Å². The molecule has 104 valence electrons. The van der Waals surface area contributed by atoms with Crippen LogP contribution in [0.2, 0.25) is 0 Å². The highest BCUT2D eigenvalue weighted by Gasteiger charge is 2.20. The van der Waals surface area contributed by atoms with E-state index >= 15 is 0 Å². The van der Waals surface area contributed by atoms with Crippen molar-refractivity contribution in [3.8, 4) is 5.75 Å². The van der Waals surface area contributed by atoms with Gasteiger partial charge in [0.2, 0.25) is 0 Å². The quantitative estimate of drug-likeness (QED) is 0.938. The summed E-state index contributed by atoms with van der Waals surface area (Å²) in [5.41, 5.74) is 2.52. The first kappa shape index (κ1) is 13.1. The van der Waals surface area contributed by atoms with E-state index in [9.17, 15) is 9.59 Å². The number of carbonyl (C=O) groups excluding carboxylic acids is 1. The minimum absolute atomic E-state index is 0.158. The number of rotatable bonds is 3. The minimum atomic E-state index is -0.177. The van der Waals surface area contributed by atoms with E-state index < -0.39 is 0 Å². The first-order valence-electron chi connectivity index (χ1n) is 6.49. The fourth-order valence-electron chi connectivity index (χ4n) is 2.26.